The Morgan fingerprint density at radius 1 is 0.889 bits per heavy atom. The van der Waals surface area contributed by atoms with E-state index in [1.165, 1.54) is 16.7 Å². The first kappa shape index (κ1) is 26.3. The molecule has 1 aliphatic rings. The average molecular weight is 489 g/mol. The van der Waals surface area contributed by atoms with E-state index in [2.05, 4.69) is 73.9 Å². The van der Waals surface area contributed by atoms with Gasteiger partial charge < -0.3 is 14.7 Å². The van der Waals surface area contributed by atoms with Gasteiger partial charge in [0.1, 0.15) is 5.82 Å². The maximum atomic E-state index is 10.4. The minimum atomic E-state index is -0.460. The molecule has 1 fully saturated rings. The fourth-order valence-corrected chi connectivity index (χ4v) is 4.70. The zero-order chi connectivity index (χ0) is 25.5. The lowest BCUT2D eigenvalue weighted by Gasteiger charge is -2.37. The molecule has 1 aromatic heterocycles. The van der Waals surface area contributed by atoms with Crippen LogP contribution in [-0.4, -0.2) is 72.0 Å². The van der Waals surface area contributed by atoms with Crippen LogP contribution in [0.5, 0.6) is 0 Å². The summed E-state index contributed by atoms with van der Waals surface area (Å²) in [7, 11) is 0. The highest BCUT2D eigenvalue weighted by molar-refractivity contribution is 5.61. The van der Waals surface area contributed by atoms with Crippen LogP contribution >= 0.6 is 0 Å². The Balaban J connectivity index is 1.52. The summed E-state index contributed by atoms with van der Waals surface area (Å²) >= 11 is 0. The largest absolute Gasteiger partial charge is 0.389 e. The predicted octanol–water partition coefficient (Wildman–Crippen LogP) is 4.51. The van der Waals surface area contributed by atoms with Gasteiger partial charge in [0.2, 0.25) is 0 Å². The summed E-state index contributed by atoms with van der Waals surface area (Å²) in [6.07, 6.45) is 0.354. The molecule has 2 heterocycles. The van der Waals surface area contributed by atoms with E-state index in [9.17, 15) is 5.11 Å². The molecule has 6 heteroatoms. The lowest BCUT2D eigenvalue weighted by Crippen LogP contribution is -2.49. The first-order chi connectivity index (χ1) is 17.4. The number of piperazine rings is 1. The predicted molar refractivity (Wildman–Crippen MR) is 147 cm³/mol. The Kier molecular flexibility index (Phi) is 9.08. The van der Waals surface area contributed by atoms with Gasteiger partial charge in [-0.2, -0.15) is 0 Å². The topological polar surface area (TPSA) is 61.7 Å². The number of β-amino-alcohol motifs (C(OH)–C–C–N with tert-alkyl or cyclic N) is 1. The van der Waals surface area contributed by atoms with Crippen molar-refractivity contribution in [1.29, 1.82) is 0 Å². The van der Waals surface area contributed by atoms with Crippen LogP contribution in [0.2, 0.25) is 0 Å². The molecule has 36 heavy (non-hydrogen) atoms. The molecule has 0 radical (unpaired) electrons. The molecule has 0 aliphatic carbocycles. The highest BCUT2D eigenvalue weighted by atomic mass is 16.5. The van der Waals surface area contributed by atoms with Gasteiger partial charge in [-0.1, -0.05) is 68.4 Å². The van der Waals surface area contributed by atoms with Gasteiger partial charge in [0.25, 0.3) is 0 Å². The van der Waals surface area contributed by atoms with E-state index in [0.717, 1.165) is 55.5 Å². The number of benzene rings is 2. The number of aromatic nitrogens is 2. The SMILES string of the molecule is Cc1ccccc1Cc1c(C)nc(-c2ccccc2)nc1N1CCN(C[C@@H](O)COCC(C)C)CC1. The van der Waals surface area contributed by atoms with Crippen LogP contribution < -0.4 is 4.90 Å². The highest BCUT2D eigenvalue weighted by Crippen LogP contribution is 2.29. The van der Waals surface area contributed by atoms with E-state index in [-0.39, 0.29) is 0 Å². The number of aliphatic hydroxyl groups excluding tert-OH is 1. The van der Waals surface area contributed by atoms with Gasteiger partial charge in [0.05, 0.1) is 12.7 Å². The van der Waals surface area contributed by atoms with E-state index >= 15 is 0 Å². The number of anilines is 1. The van der Waals surface area contributed by atoms with Gasteiger partial charge in [0, 0.05) is 62.6 Å². The summed E-state index contributed by atoms with van der Waals surface area (Å²) in [5, 5.41) is 10.4. The number of ether oxygens (including phenoxy) is 1. The Labute approximate surface area is 216 Å². The van der Waals surface area contributed by atoms with Gasteiger partial charge in [-0.25, -0.2) is 9.97 Å². The van der Waals surface area contributed by atoms with Crippen LogP contribution in [0.4, 0.5) is 5.82 Å². The number of aliphatic hydroxyl groups is 1. The molecule has 0 bridgehead atoms. The average Bonchev–Trinajstić information content (AvgIpc) is 2.87. The molecule has 0 saturated carbocycles. The van der Waals surface area contributed by atoms with Crippen molar-refractivity contribution in [3.05, 3.63) is 77.0 Å². The zero-order valence-corrected chi connectivity index (χ0v) is 22.2. The molecule has 1 N–H and O–H groups in total. The summed E-state index contributed by atoms with van der Waals surface area (Å²) < 4.78 is 5.64. The molecule has 2 aromatic carbocycles. The molecule has 0 unspecified atom stereocenters. The van der Waals surface area contributed by atoms with Gasteiger partial charge in [-0.3, -0.25) is 4.90 Å². The van der Waals surface area contributed by atoms with Crippen molar-refractivity contribution in [3.63, 3.8) is 0 Å². The standard InChI is InChI=1S/C30H40N4O2/c1-22(2)20-36-21-27(35)19-33-14-16-34(17-15-33)30-28(18-26-13-9-8-10-23(26)3)24(4)31-29(32-30)25-11-6-5-7-12-25/h5-13,22,27,35H,14-21H2,1-4H3/t27-/m1/s1. The maximum absolute atomic E-state index is 10.4. The third kappa shape index (κ3) is 6.90. The van der Waals surface area contributed by atoms with Crippen molar-refractivity contribution in [2.75, 3.05) is 50.8 Å². The lowest BCUT2D eigenvalue weighted by molar-refractivity contribution is 0.00745. The molecule has 4 rings (SSSR count). The molecule has 192 valence electrons. The second kappa shape index (κ2) is 12.4. The summed E-state index contributed by atoms with van der Waals surface area (Å²) in [6.45, 7) is 13.7. The Bertz CT molecular complexity index is 1110. The quantitative estimate of drug-likeness (QED) is 0.453. The van der Waals surface area contributed by atoms with Crippen molar-refractivity contribution in [2.24, 2.45) is 5.92 Å². The second-order valence-electron chi connectivity index (χ2n) is 10.3. The molecule has 3 aromatic rings. The fourth-order valence-electron chi connectivity index (χ4n) is 4.70. The van der Waals surface area contributed by atoms with Crippen molar-refractivity contribution < 1.29 is 9.84 Å². The molecule has 1 saturated heterocycles. The monoisotopic (exact) mass is 488 g/mol. The van der Waals surface area contributed by atoms with E-state index in [0.29, 0.717) is 25.7 Å². The summed E-state index contributed by atoms with van der Waals surface area (Å²) in [5.41, 5.74) is 5.85. The molecular formula is C30H40N4O2. The maximum Gasteiger partial charge on any atom is 0.161 e. The minimum absolute atomic E-state index is 0.393. The second-order valence-corrected chi connectivity index (χ2v) is 10.3. The number of rotatable bonds is 10. The van der Waals surface area contributed by atoms with Gasteiger partial charge in [-0.15, -0.1) is 0 Å². The van der Waals surface area contributed by atoms with Crippen LogP contribution in [0, 0.1) is 19.8 Å². The van der Waals surface area contributed by atoms with Crippen LogP contribution in [0.15, 0.2) is 54.6 Å². The van der Waals surface area contributed by atoms with E-state index < -0.39 is 6.10 Å². The van der Waals surface area contributed by atoms with Gasteiger partial charge >= 0.3 is 0 Å². The third-order valence-electron chi connectivity index (χ3n) is 6.75. The highest BCUT2D eigenvalue weighted by Gasteiger charge is 2.24. The molecular weight excluding hydrogens is 448 g/mol. The van der Waals surface area contributed by atoms with Crippen LogP contribution in [0.1, 0.15) is 36.2 Å². The molecule has 1 aliphatic heterocycles. The van der Waals surface area contributed by atoms with Crippen molar-refractivity contribution in [1.82, 2.24) is 14.9 Å². The molecule has 6 nitrogen and oxygen atoms in total. The van der Waals surface area contributed by atoms with Gasteiger partial charge in [0.15, 0.2) is 5.82 Å². The van der Waals surface area contributed by atoms with Crippen LogP contribution in [0.25, 0.3) is 11.4 Å². The molecule has 0 amide bonds. The summed E-state index contributed by atoms with van der Waals surface area (Å²) in [6, 6.07) is 18.8. The number of aryl methyl sites for hydroxylation is 2. The van der Waals surface area contributed by atoms with Gasteiger partial charge in [-0.05, 0) is 30.9 Å². The lowest BCUT2D eigenvalue weighted by atomic mass is 9.99. The number of nitrogens with zero attached hydrogens (tertiary/aromatic N) is 4. The fraction of sp³-hybridized carbons (Fsp3) is 0.467. The van der Waals surface area contributed by atoms with Crippen LogP contribution in [0.3, 0.4) is 0 Å². The van der Waals surface area contributed by atoms with Crippen molar-refractivity contribution >= 4 is 5.82 Å². The Hall–Kier alpha value is -2.80. The van der Waals surface area contributed by atoms with E-state index in [4.69, 9.17) is 14.7 Å². The van der Waals surface area contributed by atoms with E-state index in [1.807, 2.05) is 18.2 Å². The van der Waals surface area contributed by atoms with Crippen molar-refractivity contribution in [3.8, 4) is 11.4 Å². The Morgan fingerprint density at radius 3 is 2.28 bits per heavy atom. The van der Waals surface area contributed by atoms with Crippen molar-refractivity contribution in [2.45, 2.75) is 40.2 Å². The number of hydrogen-bond acceptors (Lipinski definition) is 6. The minimum Gasteiger partial charge on any atom is -0.389 e. The summed E-state index contributed by atoms with van der Waals surface area (Å²) in [5.74, 6) is 2.29. The normalized spacial score (nSPS) is 15.4. The first-order valence-electron chi connectivity index (χ1n) is 13.1. The van der Waals surface area contributed by atoms with Crippen LogP contribution in [-0.2, 0) is 11.2 Å². The summed E-state index contributed by atoms with van der Waals surface area (Å²) in [4.78, 5) is 14.8. The smallest absolute Gasteiger partial charge is 0.161 e. The molecule has 0 spiro atoms. The molecule has 1 atom stereocenters. The zero-order valence-electron chi connectivity index (χ0n) is 22.2. The Morgan fingerprint density at radius 2 is 1.58 bits per heavy atom. The third-order valence-corrected chi connectivity index (χ3v) is 6.75. The number of hydrogen-bond donors (Lipinski definition) is 1. The first-order valence-corrected chi connectivity index (χ1v) is 13.1. The van der Waals surface area contributed by atoms with E-state index in [1.54, 1.807) is 0 Å².